The molecule has 19 heavy (non-hydrogen) atoms. The maximum atomic E-state index is 11.5. The molecule has 1 amide bonds. The molecule has 1 saturated heterocycles. The second-order valence-electron chi connectivity index (χ2n) is 4.58. The Morgan fingerprint density at radius 1 is 1.53 bits per heavy atom. The van der Waals surface area contributed by atoms with Gasteiger partial charge in [0.2, 0.25) is 5.91 Å². The molecular weight excluding hydrogens is 246 g/mol. The fourth-order valence-electron chi connectivity index (χ4n) is 2.25. The van der Waals surface area contributed by atoms with Crippen LogP contribution in [0.3, 0.4) is 0 Å². The number of hydrogen-bond acceptors (Lipinski definition) is 5. The average molecular weight is 263 g/mol. The van der Waals surface area contributed by atoms with E-state index in [-0.39, 0.29) is 11.8 Å². The molecule has 1 aromatic rings. The number of ether oxygens (including phenoxy) is 1. The van der Waals surface area contributed by atoms with Crippen molar-refractivity contribution in [1.82, 2.24) is 4.98 Å². The molecule has 0 saturated carbocycles. The van der Waals surface area contributed by atoms with Crippen molar-refractivity contribution in [3.63, 3.8) is 0 Å². The number of carbonyl (C=O) groups excluding carboxylic acids is 2. The minimum Gasteiger partial charge on any atom is -0.465 e. The molecule has 0 aromatic carbocycles. The SMILES string of the molecule is COC(=O)c1ccnc(N2CCCC(C(N)=O)C2)c1. The third kappa shape index (κ3) is 3.01. The number of amides is 1. The molecule has 1 atom stereocenters. The zero-order valence-corrected chi connectivity index (χ0v) is 10.8. The highest BCUT2D eigenvalue weighted by Crippen LogP contribution is 2.22. The van der Waals surface area contributed by atoms with Gasteiger partial charge in [0.1, 0.15) is 5.82 Å². The molecule has 2 N–H and O–H groups in total. The van der Waals surface area contributed by atoms with Crippen molar-refractivity contribution in [3.8, 4) is 0 Å². The molecule has 0 spiro atoms. The lowest BCUT2D eigenvalue weighted by atomic mass is 9.97. The molecule has 2 heterocycles. The van der Waals surface area contributed by atoms with Crippen LogP contribution in [0.1, 0.15) is 23.2 Å². The van der Waals surface area contributed by atoms with Gasteiger partial charge in [-0.15, -0.1) is 0 Å². The predicted molar refractivity (Wildman–Crippen MR) is 69.7 cm³/mol. The van der Waals surface area contributed by atoms with E-state index < -0.39 is 5.97 Å². The number of methoxy groups -OCH3 is 1. The number of aromatic nitrogens is 1. The summed E-state index contributed by atoms with van der Waals surface area (Å²) >= 11 is 0. The Labute approximate surface area is 111 Å². The molecule has 1 fully saturated rings. The van der Waals surface area contributed by atoms with E-state index in [9.17, 15) is 9.59 Å². The van der Waals surface area contributed by atoms with E-state index in [0.29, 0.717) is 17.9 Å². The molecule has 1 aliphatic heterocycles. The molecule has 0 aliphatic carbocycles. The van der Waals surface area contributed by atoms with Gasteiger partial charge in [-0.2, -0.15) is 0 Å². The zero-order chi connectivity index (χ0) is 13.8. The second kappa shape index (κ2) is 5.69. The second-order valence-corrected chi connectivity index (χ2v) is 4.58. The Bertz CT molecular complexity index is 490. The van der Waals surface area contributed by atoms with Gasteiger partial charge in [0.25, 0.3) is 0 Å². The van der Waals surface area contributed by atoms with Gasteiger partial charge in [-0.25, -0.2) is 9.78 Å². The van der Waals surface area contributed by atoms with Crippen LogP contribution in [0.4, 0.5) is 5.82 Å². The number of pyridine rings is 1. The molecule has 0 bridgehead atoms. The number of rotatable bonds is 3. The van der Waals surface area contributed by atoms with Gasteiger partial charge in [-0.1, -0.05) is 0 Å². The lowest BCUT2D eigenvalue weighted by molar-refractivity contribution is -0.122. The highest BCUT2D eigenvalue weighted by Gasteiger charge is 2.25. The number of nitrogens with two attached hydrogens (primary N) is 1. The number of anilines is 1. The summed E-state index contributed by atoms with van der Waals surface area (Å²) in [5.74, 6) is -0.160. The van der Waals surface area contributed by atoms with Gasteiger partial charge in [0, 0.05) is 19.3 Å². The van der Waals surface area contributed by atoms with Gasteiger partial charge >= 0.3 is 5.97 Å². The number of piperidine rings is 1. The molecule has 1 aromatic heterocycles. The molecule has 1 aliphatic rings. The van der Waals surface area contributed by atoms with Crippen LogP contribution in [-0.2, 0) is 9.53 Å². The van der Waals surface area contributed by atoms with Crippen LogP contribution in [-0.4, -0.2) is 37.1 Å². The summed E-state index contributed by atoms with van der Waals surface area (Å²) in [5, 5.41) is 0. The van der Waals surface area contributed by atoms with E-state index in [1.807, 2.05) is 4.90 Å². The summed E-state index contributed by atoms with van der Waals surface area (Å²) < 4.78 is 4.68. The monoisotopic (exact) mass is 263 g/mol. The van der Waals surface area contributed by atoms with E-state index >= 15 is 0 Å². The largest absolute Gasteiger partial charge is 0.465 e. The van der Waals surface area contributed by atoms with E-state index in [2.05, 4.69) is 9.72 Å². The molecule has 0 radical (unpaired) electrons. The van der Waals surface area contributed by atoms with Gasteiger partial charge in [0.05, 0.1) is 18.6 Å². The standard InChI is InChI=1S/C13H17N3O3/c1-19-13(18)9-4-5-15-11(7-9)16-6-2-3-10(8-16)12(14)17/h4-5,7,10H,2-3,6,8H2,1H3,(H2,14,17). The van der Waals surface area contributed by atoms with E-state index in [1.165, 1.54) is 7.11 Å². The average Bonchev–Trinajstić information content (AvgIpc) is 2.46. The number of nitrogens with zero attached hydrogens (tertiary/aromatic N) is 2. The van der Waals surface area contributed by atoms with Crippen LogP contribution in [0.25, 0.3) is 0 Å². The minimum atomic E-state index is -0.396. The first-order valence-electron chi connectivity index (χ1n) is 6.20. The Hall–Kier alpha value is -2.11. The van der Waals surface area contributed by atoms with Gasteiger partial charge in [-0.3, -0.25) is 4.79 Å². The van der Waals surface area contributed by atoms with Crippen molar-refractivity contribution in [3.05, 3.63) is 23.9 Å². The van der Waals surface area contributed by atoms with Crippen LogP contribution in [0.15, 0.2) is 18.3 Å². The summed E-state index contributed by atoms with van der Waals surface area (Å²) in [6.45, 7) is 1.36. The van der Waals surface area contributed by atoms with Crippen molar-refractivity contribution >= 4 is 17.7 Å². The van der Waals surface area contributed by atoms with Crippen LogP contribution in [0.2, 0.25) is 0 Å². The maximum absolute atomic E-state index is 11.5. The highest BCUT2D eigenvalue weighted by molar-refractivity contribution is 5.90. The van der Waals surface area contributed by atoms with Crippen molar-refractivity contribution in [1.29, 1.82) is 0 Å². The van der Waals surface area contributed by atoms with Gasteiger partial charge in [0.15, 0.2) is 0 Å². The first kappa shape index (κ1) is 13.3. The van der Waals surface area contributed by atoms with Crippen molar-refractivity contribution in [2.45, 2.75) is 12.8 Å². The molecule has 1 unspecified atom stereocenters. The highest BCUT2D eigenvalue weighted by atomic mass is 16.5. The third-order valence-electron chi connectivity index (χ3n) is 3.31. The molecule has 102 valence electrons. The normalized spacial score (nSPS) is 19.0. The Kier molecular flexibility index (Phi) is 3.99. The lowest BCUT2D eigenvalue weighted by Gasteiger charge is -2.32. The zero-order valence-electron chi connectivity index (χ0n) is 10.8. The number of primary amides is 1. The third-order valence-corrected chi connectivity index (χ3v) is 3.31. The molecular formula is C13H17N3O3. The van der Waals surface area contributed by atoms with E-state index in [1.54, 1.807) is 18.3 Å². The first-order valence-corrected chi connectivity index (χ1v) is 6.20. The maximum Gasteiger partial charge on any atom is 0.338 e. The van der Waals surface area contributed by atoms with Crippen molar-refractivity contribution in [2.75, 3.05) is 25.1 Å². The van der Waals surface area contributed by atoms with Gasteiger partial charge < -0.3 is 15.4 Å². The summed E-state index contributed by atoms with van der Waals surface area (Å²) in [6, 6.07) is 3.28. The Morgan fingerprint density at radius 2 is 2.32 bits per heavy atom. The van der Waals surface area contributed by atoms with E-state index in [0.717, 1.165) is 19.4 Å². The summed E-state index contributed by atoms with van der Waals surface area (Å²) in [4.78, 5) is 28.9. The van der Waals surface area contributed by atoms with Gasteiger partial charge in [-0.05, 0) is 25.0 Å². The first-order chi connectivity index (χ1) is 9.11. The number of esters is 1. The quantitative estimate of drug-likeness (QED) is 0.806. The van der Waals surface area contributed by atoms with E-state index in [4.69, 9.17) is 5.73 Å². The predicted octanol–water partition coefficient (Wildman–Crippen LogP) is 0.570. The smallest absolute Gasteiger partial charge is 0.338 e. The molecule has 6 heteroatoms. The van der Waals surface area contributed by atoms with Crippen LogP contribution < -0.4 is 10.6 Å². The van der Waals surface area contributed by atoms with Crippen molar-refractivity contribution in [2.24, 2.45) is 11.7 Å². The summed E-state index contributed by atoms with van der Waals surface area (Å²) in [7, 11) is 1.34. The number of hydrogen-bond donors (Lipinski definition) is 1. The van der Waals surface area contributed by atoms with Crippen LogP contribution in [0.5, 0.6) is 0 Å². The topological polar surface area (TPSA) is 85.5 Å². The molecule has 2 rings (SSSR count). The Balaban J connectivity index is 2.17. The Morgan fingerprint density at radius 3 is 3.00 bits per heavy atom. The van der Waals surface area contributed by atoms with Crippen LogP contribution in [0, 0.1) is 5.92 Å². The molecule has 6 nitrogen and oxygen atoms in total. The summed E-state index contributed by atoms with van der Waals surface area (Å²) in [5.41, 5.74) is 5.80. The number of carbonyl (C=O) groups is 2. The lowest BCUT2D eigenvalue weighted by Crippen LogP contribution is -2.41. The van der Waals surface area contributed by atoms with Crippen LogP contribution >= 0.6 is 0 Å². The summed E-state index contributed by atoms with van der Waals surface area (Å²) in [6.07, 6.45) is 3.26. The van der Waals surface area contributed by atoms with Crippen molar-refractivity contribution < 1.29 is 14.3 Å². The fourth-order valence-corrected chi connectivity index (χ4v) is 2.25. The fraction of sp³-hybridized carbons (Fsp3) is 0.462. The minimum absolute atomic E-state index is 0.155.